The number of imide groups is 2. The number of aromatic nitrogens is 2. The molecule has 2 atom stereocenters. The molecule has 1 aliphatic carbocycles. The van der Waals surface area contributed by atoms with Gasteiger partial charge in [0, 0.05) is 29.9 Å². The number of urea groups is 1. The zero-order chi connectivity index (χ0) is 34.3. The number of ether oxygens (including phenoxy) is 2. The van der Waals surface area contributed by atoms with Gasteiger partial charge in [-0.1, -0.05) is 84.9 Å². The van der Waals surface area contributed by atoms with Gasteiger partial charge in [-0.15, -0.1) is 0 Å². The molecule has 2 heterocycles. The molecule has 4 amide bonds. The standard InChI is InChI=1S/C39H32N4O6/c1-23(44)43-35(27-12-8-5-9-13-27)31-33(26-16-20-29(49-3)21-17-26)39(36(45)40-38(47)41-37(39)46)32(25-14-18-28(48-2)19-15-25)30(34(31)42-43)22-24-10-6-4-7-11-24/h4-22,32-33H,1-3H3,(H2,40,41,45,46,47)/b30-22-. The van der Waals surface area contributed by atoms with Gasteiger partial charge < -0.3 is 9.47 Å². The van der Waals surface area contributed by atoms with Crippen molar-refractivity contribution in [3.05, 3.63) is 137 Å². The number of fused-ring (bicyclic) bond motifs is 1. The summed E-state index contributed by atoms with van der Waals surface area (Å²) >= 11 is 0. The summed E-state index contributed by atoms with van der Waals surface area (Å²) in [5.74, 6) is -2.79. The minimum Gasteiger partial charge on any atom is -0.497 e. The number of benzene rings is 4. The highest BCUT2D eigenvalue weighted by atomic mass is 16.5. The molecule has 10 heteroatoms. The third-order valence-corrected chi connectivity index (χ3v) is 9.28. The zero-order valence-corrected chi connectivity index (χ0v) is 27.0. The molecule has 244 valence electrons. The van der Waals surface area contributed by atoms with E-state index >= 15 is 0 Å². The lowest BCUT2D eigenvalue weighted by atomic mass is 9.52. The zero-order valence-electron chi connectivity index (χ0n) is 27.0. The Balaban J connectivity index is 1.69. The molecule has 2 aliphatic rings. The van der Waals surface area contributed by atoms with Gasteiger partial charge >= 0.3 is 6.03 Å². The molecule has 5 aromatic rings. The number of allylic oxidation sites excluding steroid dienone is 1. The highest BCUT2D eigenvalue weighted by molar-refractivity contribution is 6.23. The molecule has 49 heavy (non-hydrogen) atoms. The summed E-state index contributed by atoms with van der Waals surface area (Å²) in [6.07, 6.45) is 1.89. The van der Waals surface area contributed by atoms with Crippen LogP contribution in [0.15, 0.2) is 109 Å². The van der Waals surface area contributed by atoms with Crippen LogP contribution in [0.5, 0.6) is 11.5 Å². The minimum absolute atomic E-state index is 0.358. The highest BCUT2D eigenvalue weighted by Gasteiger charge is 2.66. The summed E-state index contributed by atoms with van der Waals surface area (Å²) in [5.41, 5.74) is 2.55. The third kappa shape index (κ3) is 5.09. The molecule has 0 saturated carbocycles. The summed E-state index contributed by atoms with van der Waals surface area (Å²) < 4.78 is 12.2. The number of methoxy groups -OCH3 is 2. The molecule has 10 nitrogen and oxygen atoms in total. The maximum atomic E-state index is 14.8. The van der Waals surface area contributed by atoms with Crippen molar-refractivity contribution in [3.63, 3.8) is 0 Å². The number of barbiturate groups is 1. The fourth-order valence-corrected chi connectivity index (χ4v) is 7.21. The maximum absolute atomic E-state index is 14.8. The van der Waals surface area contributed by atoms with E-state index in [1.54, 1.807) is 62.8 Å². The smallest absolute Gasteiger partial charge is 0.328 e. The summed E-state index contributed by atoms with van der Waals surface area (Å²) in [5, 5.41) is 9.86. The monoisotopic (exact) mass is 652 g/mol. The molecular weight excluding hydrogens is 620 g/mol. The highest BCUT2D eigenvalue weighted by Crippen LogP contribution is 2.63. The molecule has 0 bridgehead atoms. The maximum Gasteiger partial charge on any atom is 0.328 e. The predicted octanol–water partition coefficient (Wildman–Crippen LogP) is 6.05. The molecule has 2 N–H and O–H groups in total. The molecule has 4 aromatic carbocycles. The van der Waals surface area contributed by atoms with Gasteiger partial charge in [0.15, 0.2) is 5.41 Å². The van der Waals surface area contributed by atoms with Gasteiger partial charge in [0.1, 0.15) is 11.5 Å². The third-order valence-electron chi connectivity index (χ3n) is 9.28. The number of rotatable bonds is 6. The number of carbonyl (C=O) groups excluding carboxylic acids is 4. The Kier molecular flexibility index (Phi) is 7.92. The molecule has 2 unspecified atom stereocenters. The predicted molar refractivity (Wildman–Crippen MR) is 183 cm³/mol. The van der Waals surface area contributed by atoms with Crippen LogP contribution < -0.4 is 20.1 Å². The average molecular weight is 653 g/mol. The van der Waals surface area contributed by atoms with Gasteiger partial charge in [0.05, 0.1) is 25.6 Å². The van der Waals surface area contributed by atoms with E-state index in [0.717, 1.165) is 5.56 Å². The fraction of sp³-hybridized carbons (Fsp3) is 0.154. The Morgan fingerprint density at radius 3 is 1.76 bits per heavy atom. The van der Waals surface area contributed by atoms with Crippen molar-refractivity contribution in [1.29, 1.82) is 0 Å². The Bertz CT molecular complexity index is 2100. The Morgan fingerprint density at radius 2 is 1.24 bits per heavy atom. The molecule has 1 spiro atoms. The van der Waals surface area contributed by atoms with Gasteiger partial charge in [-0.2, -0.15) is 9.78 Å². The Hall–Kier alpha value is -6.29. The second kappa shape index (κ2) is 12.4. The van der Waals surface area contributed by atoms with E-state index in [2.05, 4.69) is 10.6 Å². The van der Waals surface area contributed by atoms with Crippen molar-refractivity contribution >= 4 is 35.4 Å². The number of nitrogens with one attached hydrogen (secondary N) is 2. The van der Waals surface area contributed by atoms with Gasteiger partial charge in [0.25, 0.3) is 0 Å². The van der Waals surface area contributed by atoms with Crippen molar-refractivity contribution in [3.8, 4) is 22.8 Å². The average Bonchev–Trinajstić information content (AvgIpc) is 3.52. The first-order valence-electron chi connectivity index (χ1n) is 15.7. The fourth-order valence-electron chi connectivity index (χ4n) is 7.21. The van der Waals surface area contributed by atoms with E-state index in [1.807, 2.05) is 66.7 Å². The second-order valence-electron chi connectivity index (χ2n) is 11.9. The van der Waals surface area contributed by atoms with Crippen molar-refractivity contribution in [2.24, 2.45) is 5.41 Å². The van der Waals surface area contributed by atoms with Crippen molar-refractivity contribution in [2.45, 2.75) is 18.8 Å². The van der Waals surface area contributed by atoms with E-state index in [0.29, 0.717) is 50.7 Å². The summed E-state index contributed by atoms with van der Waals surface area (Å²) in [6.45, 7) is 1.42. The summed E-state index contributed by atoms with van der Waals surface area (Å²) in [7, 11) is 3.10. The second-order valence-corrected chi connectivity index (χ2v) is 11.9. The first-order chi connectivity index (χ1) is 23.8. The van der Waals surface area contributed by atoms with Crippen LogP contribution >= 0.6 is 0 Å². The number of amides is 4. The molecule has 1 saturated heterocycles. The van der Waals surface area contributed by atoms with Crippen LogP contribution in [-0.2, 0) is 9.59 Å². The van der Waals surface area contributed by atoms with Crippen LogP contribution in [0, 0.1) is 5.41 Å². The normalized spacial score (nSPS) is 18.8. The van der Waals surface area contributed by atoms with Crippen molar-refractivity contribution < 1.29 is 28.7 Å². The van der Waals surface area contributed by atoms with Gasteiger partial charge in [-0.05, 0) is 52.6 Å². The number of hydrogen-bond acceptors (Lipinski definition) is 7. The Labute approximate surface area is 282 Å². The molecule has 1 fully saturated rings. The van der Waals surface area contributed by atoms with E-state index in [1.165, 1.54) is 11.6 Å². The van der Waals surface area contributed by atoms with Crippen LogP contribution in [0.4, 0.5) is 4.79 Å². The first kappa shape index (κ1) is 31.3. The van der Waals surface area contributed by atoms with E-state index in [4.69, 9.17) is 14.6 Å². The largest absolute Gasteiger partial charge is 0.497 e. The van der Waals surface area contributed by atoms with Crippen LogP contribution in [0.2, 0.25) is 0 Å². The van der Waals surface area contributed by atoms with Crippen LogP contribution in [0.25, 0.3) is 22.9 Å². The number of nitrogens with zero attached hydrogens (tertiary/aromatic N) is 2. The van der Waals surface area contributed by atoms with Gasteiger partial charge in [0.2, 0.25) is 17.7 Å². The number of hydrogen-bond donors (Lipinski definition) is 2. The van der Waals surface area contributed by atoms with E-state index in [9.17, 15) is 19.2 Å². The minimum atomic E-state index is -1.99. The Morgan fingerprint density at radius 1 is 0.735 bits per heavy atom. The molecule has 0 radical (unpaired) electrons. The van der Waals surface area contributed by atoms with Crippen molar-refractivity contribution in [1.82, 2.24) is 20.4 Å². The van der Waals surface area contributed by atoms with E-state index in [-0.39, 0.29) is 5.91 Å². The van der Waals surface area contributed by atoms with Crippen LogP contribution in [0.3, 0.4) is 0 Å². The topological polar surface area (TPSA) is 129 Å². The van der Waals surface area contributed by atoms with Crippen molar-refractivity contribution in [2.75, 3.05) is 14.2 Å². The van der Waals surface area contributed by atoms with Gasteiger partial charge in [-0.3, -0.25) is 25.0 Å². The quantitative estimate of drug-likeness (QED) is 0.214. The molecular formula is C39H32N4O6. The first-order valence-corrected chi connectivity index (χ1v) is 15.7. The van der Waals surface area contributed by atoms with Gasteiger partial charge in [-0.25, -0.2) is 4.79 Å². The number of carbonyl (C=O) groups is 4. The summed E-state index contributed by atoms with van der Waals surface area (Å²) in [4.78, 5) is 55.9. The summed E-state index contributed by atoms with van der Waals surface area (Å²) in [6, 6.07) is 32.0. The SMILES string of the molecule is COc1ccc(C2/C(=C/c3ccccc3)c3nn(C(C)=O)c(-c4ccccc4)c3C(c3ccc(OC)cc3)C23C(=O)NC(=O)NC3=O)cc1. The van der Waals surface area contributed by atoms with E-state index < -0.39 is 35.1 Å². The molecule has 1 aliphatic heterocycles. The lowest BCUT2D eigenvalue weighted by Crippen LogP contribution is -2.67. The lowest BCUT2D eigenvalue weighted by Gasteiger charge is -2.49. The molecule has 7 rings (SSSR count). The molecule has 1 aromatic heterocycles. The van der Waals surface area contributed by atoms with Crippen LogP contribution in [0.1, 0.15) is 51.5 Å². The van der Waals surface area contributed by atoms with Crippen LogP contribution in [-0.4, -0.2) is 47.8 Å². The lowest BCUT2D eigenvalue weighted by molar-refractivity contribution is -0.146.